The number of guanidine groups is 1. The zero-order valence-corrected chi connectivity index (χ0v) is 20.3. The molecule has 15 nitrogen and oxygen atoms in total. The Bertz CT molecular complexity index is 995. The van der Waals surface area contributed by atoms with Gasteiger partial charge < -0.3 is 49.1 Å². The molecule has 0 aromatic heterocycles. The predicted octanol–water partition coefficient (Wildman–Crippen LogP) is -3.25. The van der Waals surface area contributed by atoms with E-state index in [0.717, 1.165) is 0 Å². The van der Waals surface area contributed by atoms with E-state index in [9.17, 15) is 34.2 Å². The van der Waals surface area contributed by atoms with Crippen molar-refractivity contribution in [2.24, 2.45) is 27.9 Å². The second kappa shape index (κ2) is 14.9. The summed E-state index contributed by atoms with van der Waals surface area (Å²) in [5.41, 5.74) is 21.9. The molecule has 204 valence electrons. The van der Waals surface area contributed by atoms with Crippen LogP contribution in [0.15, 0.2) is 29.3 Å². The topological polar surface area (TPSA) is 278 Å². The number of nitrogens with two attached hydrogens (primary N) is 4. The lowest BCUT2D eigenvalue weighted by atomic mass is 10.0. The quantitative estimate of drug-likeness (QED) is 0.0630. The number of primary amides is 1. The normalized spacial score (nSPS) is 13.8. The molecule has 4 unspecified atom stereocenters. The largest absolute Gasteiger partial charge is 0.508 e. The van der Waals surface area contributed by atoms with Crippen molar-refractivity contribution in [3.63, 3.8) is 0 Å². The highest BCUT2D eigenvalue weighted by atomic mass is 16.4. The number of benzene rings is 1. The number of rotatable bonds is 15. The van der Waals surface area contributed by atoms with Crippen LogP contribution in [0, 0.1) is 0 Å². The first-order chi connectivity index (χ1) is 17.3. The van der Waals surface area contributed by atoms with Gasteiger partial charge in [0.05, 0.1) is 12.5 Å². The maximum Gasteiger partial charge on any atom is 0.326 e. The van der Waals surface area contributed by atoms with E-state index in [1.807, 2.05) is 0 Å². The van der Waals surface area contributed by atoms with E-state index < -0.39 is 60.2 Å². The zero-order chi connectivity index (χ0) is 28.1. The van der Waals surface area contributed by atoms with Crippen LogP contribution in [-0.2, 0) is 30.4 Å². The van der Waals surface area contributed by atoms with Crippen LogP contribution in [-0.4, -0.2) is 76.5 Å². The zero-order valence-electron chi connectivity index (χ0n) is 20.3. The number of aliphatic carboxylic acids is 1. The summed E-state index contributed by atoms with van der Waals surface area (Å²) in [5, 5.41) is 25.8. The van der Waals surface area contributed by atoms with Gasteiger partial charge in [0, 0.05) is 13.0 Å². The number of amides is 4. The highest BCUT2D eigenvalue weighted by Crippen LogP contribution is 2.12. The molecule has 4 amide bonds. The van der Waals surface area contributed by atoms with Crippen molar-refractivity contribution in [2.75, 3.05) is 6.54 Å². The van der Waals surface area contributed by atoms with Gasteiger partial charge in [-0.15, -0.1) is 0 Å². The molecule has 1 rings (SSSR count). The molecule has 0 saturated heterocycles. The lowest BCUT2D eigenvalue weighted by molar-refractivity contribution is -0.142. The number of nitrogens with one attached hydrogen (secondary N) is 3. The van der Waals surface area contributed by atoms with Crippen LogP contribution in [0.5, 0.6) is 5.75 Å². The average molecular weight is 523 g/mol. The van der Waals surface area contributed by atoms with Crippen molar-refractivity contribution in [1.29, 1.82) is 0 Å². The summed E-state index contributed by atoms with van der Waals surface area (Å²) >= 11 is 0. The smallest absolute Gasteiger partial charge is 0.326 e. The van der Waals surface area contributed by atoms with Gasteiger partial charge in [-0.25, -0.2) is 4.79 Å². The van der Waals surface area contributed by atoms with Gasteiger partial charge in [-0.2, -0.15) is 0 Å². The van der Waals surface area contributed by atoms with Crippen molar-refractivity contribution in [3.8, 4) is 5.75 Å². The Balaban J connectivity index is 2.77. The molecule has 0 bridgehead atoms. The molecule has 0 heterocycles. The van der Waals surface area contributed by atoms with Crippen LogP contribution in [0.25, 0.3) is 0 Å². The number of carboxylic acids is 1. The lowest BCUT2D eigenvalue weighted by Crippen LogP contribution is -2.57. The molecule has 1 aromatic rings. The number of carbonyl (C=O) groups excluding carboxylic acids is 4. The minimum absolute atomic E-state index is 0.0167. The van der Waals surface area contributed by atoms with E-state index in [4.69, 9.17) is 22.9 Å². The Morgan fingerprint density at radius 3 is 2.05 bits per heavy atom. The first-order valence-electron chi connectivity index (χ1n) is 11.3. The summed E-state index contributed by atoms with van der Waals surface area (Å²) in [6.07, 6.45) is -0.0930. The van der Waals surface area contributed by atoms with Crippen molar-refractivity contribution >= 4 is 35.6 Å². The third kappa shape index (κ3) is 11.7. The molecule has 0 saturated carbocycles. The van der Waals surface area contributed by atoms with Crippen LogP contribution in [0.2, 0.25) is 0 Å². The third-order valence-corrected chi connectivity index (χ3v) is 5.09. The molecule has 0 spiro atoms. The fourth-order valence-electron chi connectivity index (χ4n) is 3.08. The number of phenols is 1. The maximum absolute atomic E-state index is 12.7. The second-order valence-corrected chi connectivity index (χ2v) is 8.29. The molecule has 15 heteroatoms. The number of aliphatic imine (C=N–C) groups is 1. The Morgan fingerprint density at radius 1 is 0.919 bits per heavy atom. The number of phenolic OH excluding ortho intramolecular Hbond substituents is 1. The first kappa shape index (κ1) is 30.6. The van der Waals surface area contributed by atoms with Crippen LogP contribution in [0.4, 0.5) is 0 Å². The van der Waals surface area contributed by atoms with Crippen LogP contribution < -0.4 is 38.9 Å². The third-order valence-electron chi connectivity index (χ3n) is 5.09. The van der Waals surface area contributed by atoms with Gasteiger partial charge in [0.1, 0.15) is 23.9 Å². The number of hydrogen-bond donors (Lipinski definition) is 9. The Kier molecular flexibility index (Phi) is 12.3. The Hall–Kier alpha value is -4.40. The molecule has 0 fully saturated rings. The molecular weight excluding hydrogens is 488 g/mol. The van der Waals surface area contributed by atoms with Crippen LogP contribution in [0.1, 0.15) is 31.7 Å². The summed E-state index contributed by atoms with van der Waals surface area (Å²) in [6.45, 7) is 1.61. The molecule has 13 N–H and O–H groups in total. The number of carboxylic acid groups (broad SMARTS) is 1. The molecular formula is C22H34N8O7. The van der Waals surface area contributed by atoms with Crippen molar-refractivity contribution in [3.05, 3.63) is 29.8 Å². The number of aromatic hydroxyl groups is 1. The molecule has 37 heavy (non-hydrogen) atoms. The molecule has 0 aliphatic carbocycles. The minimum atomic E-state index is -1.50. The van der Waals surface area contributed by atoms with E-state index in [0.29, 0.717) is 12.0 Å². The van der Waals surface area contributed by atoms with E-state index in [1.165, 1.54) is 31.2 Å². The van der Waals surface area contributed by atoms with Crippen molar-refractivity contribution in [2.45, 2.75) is 56.8 Å². The predicted molar refractivity (Wildman–Crippen MR) is 133 cm³/mol. The van der Waals surface area contributed by atoms with Crippen molar-refractivity contribution < 1.29 is 34.2 Å². The van der Waals surface area contributed by atoms with Gasteiger partial charge in [0.15, 0.2) is 5.96 Å². The van der Waals surface area contributed by atoms with Crippen LogP contribution >= 0.6 is 0 Å². The standard InChI is InChI=1S/C22H34N8O7/c1-11(28-19(34)14(23)3-2-8-27-22(25)26)18(33)29-15(10-17(24)32)20(35)30-16(21(36)37)9-12-4-6-13(31)7-5-12/h4-7,11,14-16,31H,2-3,8-10,23H2,1H3,(H2,24,32)(H,28,34)(H,29,33)(H,30,35)(H,36,37)(H4,25,26,27). The van der Waals surface area contributed by atoms with Gasteiger partial charge in [0.25, 0.3) is 0 Å². The fraction of sp³-hybridized carbons (Fsp3) is 0.455. The molecule has 4 atom stereocenters. The van der Waals surface area contributed by atoms with E-state index in [2.05, 4.69) is 20.9 Å². The number of nitrogens with zero attached hydrogens (tertiary/aromatic N) is 1. The highest BCUT2D eigenvalue weighted by molar-refractivity contribution is 5.96. The summed E-state index contributed by atoms with van der Waals surface area (Å²) in [6, 6.07) is 0.677. The van der Waals surface area contributed by atoms with Crippen LogP contribution in [0.3, 0.4) is 0 Å². The van der Waals surface area contributed by atoms with Gasteiger partial charge in [-0.1, -0.05) is 12.1 Å². The molecule has 0 aliphatic rings. The molecule has 1 aromatic carbocycles. The number of hydrogen-bond acceptors (Lipinski definition) is 8. The van der Waals surface area contributed by atoms with Gasteiger partial charge in [-0.3, -0.25) is 24.2 Å². The summed E-state index contributed by atoms with van der Waals surface area (Å²) < 4.78 is 0. The fourth-order valence-corrected chi connectivity index (χ4v) is 3.08. The Labute approximate surface area is 213 Å². The second-order valence-electron chi connectivity index (χ2n) is 8.29. The average Bonchev–Trinajstić information content (AvgIpc) is 2.81. The summed E-state index contributed by atoms with van der Waals surface area (Å²) in [4.78, 5) is 64.5. The monoisotopic (exact) mass is 522 g/mol. The maximum atomic E-state index is 12.7. The van der Waals surface area contributed by atoms with Gasteiger partial charge in [-0.05, 0) is 37.5 Å². The van der Waals surface area contributed by atoms with E-state index >= 15 is 0 Å². The first-order valence-corrected chi connectivity index (χ1v) is 11.3. The minimum Gasteiger partial charge on any atom is -0.508 e. The van der Waals surface area contributed by atoms with Gasteiger partial charge >= 0.3 is 5.97 Å². The highest BCUT2D eigenvalue weighted by Gasteiger charge is 2.30. The lowest BCUT2D eigenvalue weighted by Gasteiger charge is -2.23. The summed E-state index contributed by atoms with van der Waals surface area (Å²) in [5.74, 6) is -4.82. The van der Waals surface area contributed by atoms with E-state index in [-0.39, 0.29) is 31.1 Å². The van der Waals surface area contributed by atoms with Gasteiger partial charge in [0.2, 0.25) is 23.6 Å². The molecule has 0 radical (unpaired) electrons. The van der Waals surface area contributed by atoms with Crippen molar-refractivity contribution in [1.82, 2.24) is 16.0 Å². The Morgan fingerprint density at radius 2 is 1.51 bits per heavy atom. The molecule has 0 aliphatic heterocycles. The van der Waals surface area contributed by atoms with E-state index in [1.54, 1.807) is 0 Å². The number of carbonyl (C=O) groups is 5. The SMILES string of the molecule is CC(NC(=O)C(N)CCCN=C(N)N)C(=O)NC(CC(N)=O)C(=O)NC(Cc1ccc(O)cc1)C(=O)O. The summed E-state index contributed by atoms with van der Waals surface area (Å²) in [7, 11) is 0.